The molecule has 1 aliphatic rings. The summed E-state index contributed by atoms with van der Waals surface area (Å²) in [5.41, 5.74) is 0.608. The van der Waals surface area contributed by atoms with Gasteiger partial charge in [-0.1, -0.05) is 23.2 Å². The van der Waals surface area contributed by atoms with E-state index in [1.54, 1.807) is 6.20 Å². The number of ether oxygens (including phenoxy) is 1. The number of morpholine rings is 1. The van der Waals surface area contributed by atoms with Crippen molar-refractivity contribution in [3.8, 4) is 0 Å². The molecule has 0 aliphatic carbocycles. The van der Waals surface area contributed by atoms with Gasteiger partial charge in [0.2, 0.25) is 5.89 Å². The number of aromatic nitrogens is 1. The van der Waals surface area contributed by atoms with Crippen molar-refractivity contribution in [3.63, 3.8) is 0 Å². The van der Waals surface area contributed by atoms with Crippen LogP contribution < -0.4 is 0 Å². The topological polar surface area (TPSA) is 38.5 Å². The lowest BCUT2D eigenvalue weighted by Crippen LogP contribution is -2.38. The fourth-order valence-electron chi connectivity index (χ4n) is 2.48. The van der Waals surface area contributed by atoms with Crippen molar-refractivity contribution in [2.75, 3.05) is 19.7 Å². The molecular weight excluding hydrogens is 330 g/mol. The van der Waals surface area contributed by atoms with Gasteiger partial charge in [-0.2, -0.15) is 0 Å². The number of rotatable bonds is 3. The van der Waals surface area contributed by atoms with E-state index in [2.05, 4.69) is 9.88 Å². The molecule has 1 aliphatic heterocycles. The summed E-state index contributed by atoms with van der Waals surface area (Å²) in [6.45, 7) is 4.31. The molecule has 4 nitrogen and oxygen atoms in total. The van der Waals surface area contributed by atoms with Crippen molar-refractivity contribution < 1.29 is 13.5 Å². The van der Waals surface area contributed by atoms with Crippen LogP contribution in [-0.2, 0) is 11.3 Å². The zero-order valence-corrected chi connectivity index (χ0v) is 13.5. The van der Waals surface area contributed by atoms with Crippen LogP contribution in [0, 0.1) is 12.7 Å². The van der Waals surface area contributed by atoms with E-state index in [0.29, 0.717) is 36.2 Å². The first-order valence-electron chi connectivity index (χ1n) is 6.92. The molecule has 0 N–H and O–H groups in total. The Morgan fingerprint density at radius 2 is 2.18 bits per heavy atom. The van der Waals surface area contributed by atoms with Crippen LogP contribution in [-0.4, -0.2) is 29.6 Å². The Labute approximate surface area is 137 Å². The fourth-order valence-corrected chi connectivity index (χ4v) is 2.99. The van der Waals surface area contributed by atoms with Crippen LogP contribution in [0.1, 0.15) is 23.3 Å². The number of nitrogens with zero attached hydrogens (tertiary/aromatic N) is 2. The Hall–Kier alpha value is -1.14. The summed E-state index contributed by atoms with van der Waals surface area (Å²) in [6.07, 6.45) is 1.39. The standard InChI is InChI=1S/C15H15Cl2FN2O2/c1-9-6-19-15(22-9)8-20-2-3-21-14(7-20)10-4-13(18)12(17)5-11(10)16/h4-6,14H,2-3,7-8H2,1H3. The summed E-state index contributed by atoms with van der Waals surface area (Å²) >= 11 is 11.9. The molecule has 0 amide bonds. The first-order chi connectivity index (χ1) is 10.5. The van der Waals surface area contributed by atoms with Crippen molar-refractivity contribution in [2.45, 2.75) is 19.6 Å². The minimum Gasteiger partial charge on any atom is -0.445 e. The molecule has 3 rings (SSSR count). The molecular formula is C15H15Cl2FN2O2. The Morgan fingerprint density at radius 3 is 2.91 bits per heavy atom. The largest absolute Gasteiger partial charge is 0.445 e. The van der Waals surface area contributed by atoms with E-state index in [9.17, 15) is 4.39 Å². The smallest absolute Gasteiger partial charge is 0.208 e. The normalized spacial score (nSPS) is 19.5. The van der Waals surface area contributed by atoms with Crippen LogP contribution in [0.2, 0.25) is 10.0 Å². The molecule has 1 saturated heterocycles. The molecule has 0 saturated carbocycles. The third kappa shape index (κ3) is 3.43. The Kier molecular flexibility index (Phi) is 4.68. The van der Waals surface area contributed by atoms with Crippen molar-refractivity contribution in [2.24, 2.45) is 0 Å². The van der Waals surface area contributed by atoms with Gasteiger partial charge in [0.25, 0.3) is 0 Å². The molecule has 2 heterocycles. The van der Waals surface area contributed by atoms with E-state index in [1.165, 1.54) is 12.1 Å². The van der Waals surface area contributed by atoms with Crippen LogP contribution in [0.25, 0.3) is 0 Å². The van der Waals surface area contributed by atoms with Gasteiger partial charge in [0.05, 0.1) is 30.5 Å². The minimum absolute atomic E-state index is 0.0108. The zero-order chi connectivity index (χ0) is 15.7. The van der Waals surface area contributed by atoms with Gasteiger partial charge in [0.1, 0.15) is 11.6 Å². The summed E-state index contributed by atoms with van der Waals surface area (Å²) in [7, 11) is 0. The van der Waals surface area contributed by atoms with Gasteiger partial charge in [-0.3, -0.25) is 4.90 Å². The van der Waals surface area contributed by atoms with Crippen LogP contribution in [0.15, 0.2) is 22.7 Å². The number of oxazole rings is 1. The van der Waals surface area contributed by atoms with Gasteiger partial charge in [0.15, 0.2) is 0 Å². The average molecular weight is 345 g/mol. The molecule has 1 atom stereocenters. The Bertz CT molecular complexity index is 678. The highest BCUT2D eigenvalue weighted by molar-refractivity contribution is 6.35. The van der Waals surface area contributed by atoms with Crippen molar-refractivity contribution in [1.82, 2.24) is 9.88 Å². The van der Waals surface area contributed by atoms with Crippen LogP contribution >= 0.6 is 23.2 Å². The SMILES string of the molecule is Cc1cnc(CN2CCOC(c3cc(F)c(Cl)cc3Cl)C2)o1. The molecule has 2 aromatic rings. The highest BCUT2D eigenvalue weighted by Crippen LogP contribution is 2.32. The maximum atomic E-state index is 13.7. The third-order valence-electron chi connectivity index (χ3n) is 3.57. The van der Waals surface area contributed by atoms with Gasteiger partial charge in [-0.25, -0.2) is 9.37 Å². The molecule has 0 radical (unpaired) electrons. The van der Waals surface area contributed by atoms with Crippen LogP contribution in [0.4, 0.5) is 4.39 Å². The second-order valence-electron chi connectivity index (χ2n) is 5.25. The number of aryl methyl sites for hydroxylation is 1. The maximum Gasteiger partial charge on any atom is 0.208 e. The molecule has 1 fully saturated rings. The predicted molar refractivity (Wildman–Crippen MR) is 81.6 cm³/mol. The van der Waals surface area contributed by atoms with Crippen LogP contribution in [0.3, 0.4) is 0 Å². The lowest BCUT2D eigenvalue weighted by molar-refractivity contribution is -0.0352. The van der Waals surface area contributed by atoms with Gasteiger partial charge in [0, 0.05) is 23.7 Å². The lowest BCUT2D eigenvalue weighted by atomic mass is 10.1. The summed E-state index contributed by atoms with van der Waals surface area (Å²) in [6, 6.07) is 2.75. The van der Waals surface area contributed by atoms with E-state index < -0.39 is 5.82 Å². The highest BCUT2D eigenvalue weighted by atomic mass is 35.5. The molecule has 22 heavy (non-hydrogen) atoms. The monoisotopic (exact) mass is 344 g/mol. The Morgan fingerprint density at radius 1 is 1.36 bits per heavy atom. The number of hydrogen-bond donors (Lipinski definition) is 0. The first-order valence-corrected chi connectivity index (χ1v) is 7.68. The molecule has 1 aromatic heterocycles. The van der Waals surface area contributed by atoms with E-state index in [4.69, 9.17) is 32.4 Å². The van der Waals surface area contributed by atoms with Crippen molar-refractivity contribution in [3.05, 3.63) is 51.4 Å². The number of hydrogen-bond acceptors (Lipinski definition) is 4. The molecule has 1 aromatic carbocycles. The third-order valence-corrected chi connectivity index (χ3v) is 4.18. The molecule has 0 bridgehead atoms. The van der Waals surface area contributed by atoms with E-state index in [-0.39, 0.29) is 11.1 Å². The summed E-state index contributed by atoms with van der Waals surface area (Å²) in [5, 5.41) is 0.418. The molecule has 118 valence electrons. The molecule has 0 spiro atoms. The second kappa shape index (κ2) is 6.54. The van der Waals surface area contributed by atoms with E-state index >= 15 is 0 Å². The maximum absolute atomic E-state index is 13.7. The second-order valence-corrected chi connectivity index (χ2v) is 6.06. The molecule has 7 heteroatoms. The Balaban J connectivity index is 1.74. The highest BCUT2D eigenvalue weighted by Gasteiger charge is 2.25. The average Bonchev–Trinajstić information content (AvgIpc) is 2.88. The van der Waals surface area contributed by atoms with Gasteiger partial charge in [-0.15, -0.1) is 0 Å². The molecule has 1 unspecified atom stereocenters. The van der Waals surface area contributed by atoms with Gasteiger partial charge >= 0.3 is 0 Å². The summed E-state index contributed by atoms with van der Waals surface area (Å²) < 4.78 is 24.9. The quantitative estimate of drug-likeness (QED) is 0.788. The number of benzene rings is 1. The van der Waals surface area contributed by atoms with Gasteiger partial charge in [-0.05, 0) is 19.1 Å². The zero-order valence-electron chi connectivity index (χ0n) is 12.0. The fraction of sp³-hybridized carbons (Fsp3) is 0.400. The lowest BCUT2D eigenvalue weighted by Gasteiger charge is -2.32. The summed E-state index contributed by atoms with van der Waals surface area (Å²) in [4.78, 5) is 6.34. The van der Waals surface area contributed by atoms with Gasteiger partial charge < -0.3 is 9.15 Å². The number of halogens is 3. The first kappa shape index (κ1) is 15.7. The van der Waals surface area contributed by atoms with E-state index in [0.717, 1.165) is 12.3 Å². The minimum atomic E-state index is -0.495. The predicted octanol–water partition coefficient (Wildman–Crippen LogP) is 4.00. The summed E-state index contributed by atoms with van der Waals surface area (Å²) in [5.74, 6) is 0.944. The van der Waals surface area contributed by atoms with E-state index in [1.807, 2.05) is 6.92 Å². The van der Waals surface area contributed by atoms with Crippen LogP contribution in [0.5, 0.6) is 0 Å². The van der Waals surface area contributed by atoms with Crippen molar-refractivity contribution in [1.29, 1.82) is 0 Å². The van der Waals surface area contributed by atoms with Crippen molar-refractivity contribution >= 4 is 23.2 Å².